The summed E-state index contributed by atoms with van der Waals surface area (Å²) in [7, 11) is 0. The van der Waals surface area contributed by atoms with E-state index in [1.807, 2.05) is 6.92 Å². The number of ether oxygens (including phenoxy) is 2. The minimum Gasteiger partial charge on any atom is -0.487 e. The average Bonchev–Trinajstić information content (AvgIpc) is 3.00. The maximum absolute atomic E-state index is 5.81. The summed E-state index contributed by atoms with van der Waals surface area (Å²) < 4.78 is 15.5. The maximum atomic E-state index is 5.81. The van der Waals surface area contributed by atoms with Gasteiger partial charge < -0.3 is 20.5 Å². The summed E-state index contributed by atoms with van der Waals surface area (Å²) in [6, 6.07) is 0.382. The van der Waals surface area contributed by atoms with E-state index >= 15 is 0 Å². The lowest BCUT2D eigenvalue weighted by molar-refractivity contribution is 0.102. The number of rotatable bonds is 4. The molecule has 2 aliphatic rings. The van der Waals surface area contributed by atoms with E-state index in [0.717, 1.165) is 17.8 Å². The number of nitrogen functional groups attached to an aromatic ring is 1. The van der Waals surface area contributed by atoms with Crippen molar-refractivity contribution in [2.45, 2.75) is 44.4 Å². The van der Waals surface area contributed by atoms with Crippen molar-refractivity contribution >= 4 is 22.4 Å². The lowest BCUT2D eigenvalue weighted by Gasteiger charge is -2.20. The topological polar surface area (TPSA) is 69.4 Å². The van der Waals surface area contributed by atoms with E-state index < -0.39 is 0 Å². The zero-order valence-corrected chi connectivity index (χ0v) is 10.6. The Bertz CT molecular complexity index is 409. The SMILES string of the molecule is CCOc1c(N)nsc1NC1CC2CCC1O2. The molecule has 2 saturated heterocycles. The molecule has 2 aliphatic heterocycles. The third kappa shape index (κ3) is 1.95. The number of nitrogens with one attached hydrogen (secondary N) is 1. The first-order valence-electron chi connectivity index (χ1n) is 6.08. The number of fused-ring (bicyclic) bond motifs is 2. The molecule has 5 nitrogen and oxygen atoms in total. The van der Waals surface area contributed by atoms with E-state index in [4.69, 9.17) is 15.2 Å². The molecule has 0 spiro atoms. The number of hydrogen-bond acceptors (Lipinski definition) is 6. The van der Waals surface area contributed by atoms with Crippen molar-refractivity contribution in [2.24, 2.45) is 0 Å². The Balaban J connectivity index is 1.72. The molecule has 2 fully saturated rings. The van der Waals surface area contributed by atoms with Crippen molar-refractivity contribution < 1.29 is 9.47 Å². The molecule has 2 bridgehead atoms. The highest BCUT2D eigenvalue weighted by molar-refractivity contribution is 7.11. The summed E-state index contributed by atoms with van der Waals surface area (Å²) in [5.41, 5.74) is 5.78. The van der Waals surface area contributed by atoms with Gasteiger partial charge in [0.1, 0.15) is 0 Å². The Labute approximate surface area is 104 Å². The van der Waals surface area contributed by atoms with Crippen LogP contribution >= 0.6 is 11.5 Å². The zero-order valence-electron chi connectivity index (χ0n) is 9.81. The Morgan fingerprint density at radius 2 is 2.47 bits per heavy atom. The van der Waals surface area contributed by atoms with E-state index in [0.29, 0.717) is 36.4 Å². The summed E-state index contributed by atoms with van der Waals surface area (Å²) in [6.45, 7) is 2.55. The molecule has 3 heterocycles. The summed E-state index contributed by atoms with van der Waals surface area (Å²) in [5, 5.41) is 4.41. The van der Waals surface area contributed by atoms with Gasteiger partial charge in [0.05, 0.1) is 24.9 Å². The first-order chi connectivity index (χ1) is 8.28. The van der Waals surface area contributed by atoms with E-state index in [1.165, 1.54) is 18.0 Å². The molecule has 0 radical (unpaired) electrons. The van der Waals surface area contributed by atoms with Crippen LogP contribution in [-0.2, 0) is 4.74 Å². The van der Waals surface area contributed by atoms with Gasteiger partial charge in [0.15, 0.2) is 16.6 Å². The summed E-state index contributed by atoms with van der Waals surface area (Å²) in [5.74, 6) is 1.17. The van der Waals surface area contributed by atoms with Gasteiger partial charge in [-0.3, -0.25) is 0 Å². The quantitative estimate of drug-likeness (QED) is 0.859. The van der Waals surface area contributed by atoms with Crippen LogP contribution in [0.25, 0.3) is 0 Å². The van der Waals surface area contributed by atoms with Crippen LogP contribution < -0.4 is 15.8 Å². The van der Waals surface area contributed by atoms with Crippen molar-refractivity contribution in [3.05, 3.63) is 0 Å². The van der Waals surface area contributed by atoms with Crippen molar-refractivity contribution in [3.63, 3.8) is 0 Å². The molecule has 3 unspecified atom stereocenters. The molecule has 0 amide bonds. The molecule has 3 atom stereocenters. The summed E-state index contributed by atoms with van der Waals surface area (Å²) >= 11 is 1.36. The number of aromatic nitrogens is 1. The predicted molar refractivity (Wildman–Crippen MR) is 67.6 cm³/mol. The highest BCUT2D eigenvalue weighted by Crippen LogP contribution is 2.40. The molecule has 1 aromatic heterocycles. The van der Waals surface area contributed by atoms with Crippen molar-refractivity contribution in [1.29, 1.82) is 0 Å². The van der Waals surface area contributed by atoms with Crippen molar-refractivity contribution in [2.75, 3.05) is 17.7 Å². The van der Waals surface area contributed by atoms with Crippen molar-refractivity contribution in [1.82, 2.24) is 4.37 Å². The Kier molecular flexibility index (Phi) is 2.84. The minimum absolute atomic E-state index is 0.345. The van der Waals surface area contributed by atoms with E-state index in [1.54, 1.807) is 0 Å². The van der Waals surface area contributed by atoms with Crippen LogP contribution in [0.4, 0.5) is 10.8 Å². The smallest absolute Gasteiger partial charge is 0.197 e. The molecule has 3 N–H and O–H groups in total. The lowest BCUT2D eigenvalue weighted by atomic mass is 9.96. The van der Waals surface area contributed by atoms with E-state index in [-0.39, 0.29) is 0 Å². The fourth-order valence-corrected chi connectivity index (χ4v) is 3.35. The lowest BCUT2D eigenvalue weighted by Crippen LogP contribution is -2.30. The van der Waals surface area contributed by atoms with Crippen LogP contribution in [0.15, 0.2) is 0 Å². The fourth-order valence-electron chi connectivity index (χ4n) is 2.63. The second-order valence-electron chi connectivity index (χ2n) is 4.52. The van der Waals surface area contributed by atoms with Crippen molar-refractivity contribution in [3.8, 4) is 5.75 Å². The second kappa shape index (κ2) is 4.34. The molecule has 17 heavy (non-hydrogen) atoms. The third-order valence-electron chi connectivity index (χ3n) is 3.39. The monoisotopic (exact) mass is 255 g/mol. The summed E-state index contributed by atoms with van der Waals surface area (Å²) in [4.78, 5) is 0. The van der Waals surface area contributed by atoms with Gasteiger partial charge in [-0.15, -0.1) is 0 Å². The van der Waals surface area contributed by atoms with Gasteiger partial charge in [-0.1, -0.05) is 0 Å². The number of nitrogens with zero attached hydrogens (tertiary/aromatic N) is 1. The first kappa shape index (κ1) is 11.1. The zero-order chi connectivity index (χ0) is 11.8. The van der Waals surface area contributed by atoms with Crippen LogP contribution in [0, 0.1) is 0 Å². The van der Waals surface area contributed by atoms with E-state index in [9.17, 15) is 0 Å². The highest BCUT2D eigenvalue weighted by Gasteiger charge is 2.41. The van der Waals surface area contributed by atoms with Gasteiger partial charge in [-0.25, -0.2) is 0 Å². The number of anilines is 2. The predicted octanol–water partition coefficient (Wildman–Crippen LogP) is 1.86. The average molecular weight is 255 g/mol. The molecule has 6 heteroatoms. The molecule has 94 valence electrons. The number of nitrogens with two attached hydrogens (primary N) is 1. The summed E-state index contributed by atoms with van der Waals surface area (Å²) in [6.07, 6.45) is 4.22. The molecular weight excluding hydrogens is 238 g/mol. The molecule has 0 aliphatic carbocycles. The molecular formula is C11H17N3O2S. The normalized spacial score (nSPS) is 30.8. The van der Waals surface area contributed by atoms with Crippen LogP contribution in [0.3, 0.4) is 0 Å². The van der Waals surface area contributed by atoms with E-state index in [2.05, 4.69) is 9.69 Å². The third-order valence-corrected chi connectivity index (χ3v) is 4.16. The second-order valence-corrected chi connectivity index (χ2v) is 5.29. The van der Waals surface area contributed by atoms with Crippen LogP contribution in [-0.4, -0.2) is 29.2 Å². The fraction of sp³-hybridized carbons (Fsp3) is 0.727. The molecule has 0 saturated carbocycles. The number of hydrogen-bond donors (Lipinski definition) is 2. The Hall–Kier alpha value is -1.01. The van der Waals surface area contributed by atoms with Crippen LogP contribution in [0.5, 0.6) is 5.75 Å². The maximum Gasteiger partial charge on any atom is 0.197 e. The Morgan fingerprint density at radius 3 is 3.12 bits per heavy atom. The standard InChI is InChI=1S/C11H17N3O2S/c1-2-15-9-10(12)14-17-11(9)13-7-5-6-3-4-8(7)16-6/h6-8,13H,2-5H2,1H3,(H2,12,14). The largest absolute Gasteiger partial charge is 0.487 e. The minimum atomic E-state index is 0.345. The molecule has 1 aromatic rings. The first-order valence-corrected chi connectivity index (χ1v) is 6.85. The van der Waals surface area contributed by atoms with Crippen LogP contribution in [0.1, 0.15) is 26.2 Å². The van der Waals surface area contributed by atoms with Gasteiger partial charge in [-0.2, -0.15) is 4.37 Å². The van der Waals surface area contributed by atoms with Gasteiger partial charge in [0.2, 0.25) is 0 Å². The Morgan fingerprint density at radius 1 is 1.59 bits per heavy atom. The molecule has 3 rings (SSSR count). The molecule has 0 aromatic carbocycles. The van der Waals surface area contributed by atoms with Gasteiger partial charge in [0.25, 0.3) is 0 Å². The highest BCUT2D eigenvalue weighted by atomic mass is 32.1. The van der Waals surface area contributed by atoms with Crippen LogP contribution in [0.2, 0.25) is 0 Å². The van der Waals surface area contributed by atoms with Gasteiger partial charge in [0, 0.05) is 0 Å². The van der Waals surface area contributed by atoms with Gasteiger partial charge in [-0.05, 0) is 37.7 Å². The van der Waals surface area contributed by atoms with Gasteiger partial charge >= 0.3 is 0 Å².